The fourth-order valence-corrected chi connectivity index (χ4v) is 3.09. The van der Waals surface area contributed by atoms with Crippen molar-refractivity contribution in [3.63, 3.8) is 0 Å². The normalized spacial score (nSPS) is 16.7. The Kier molecular flexibility index (Phi) is 4.82. The fourth-order valence-electron chi connectivity index (χ4n) is 3.09. The van der Waals surface area contributed by atoms with Gasteiger partial charge in [0.1, 0.15) is 0 Å². The van der Waals surface area contributed by atoms with E-state index in [9.17, 15) is 0 Å². The molecule has 4 heteroatoms. The summed E-state index contributed by atoms with van der Waals surface area (Å²) < 4.78 is 11.5. The van der Waals surface area contributed by atoms with E-state index in [1.807, 2.05) is 26.8 Å². The lowest BCUT2D eigenvalue weighted by molar-refractivity contribution is 0.286. The van der Waals surface area contributed by atoms with Gasteiger partial charge in [-0.05, 0) is 62.6 Å². The van der Waals surface area contributed by atoms with E-state index < -0.39 is 0 Å². The SMILES string of the molecule is CCOc1cc2c(cc1OCC)[C@@H](c1cccc(C)n1)NCC2. The molecule has 0 radical (unpaired) electrons. The maximum atomic E-state index is 5.79. The Morgan fingerprint density at radius 1 is 1.13 bits per heavy atom. The molecule has 1 aliphatic rings. The molecule has 1 aliphatic heterocycles. The topological polar surface area (TPSA) is 43.4 Å². The van der Waals surface area contributed by atoms with Crippen LogP contribution in [0.4, 0.5) is 0 Å². The molecular weight excluding hydrogens is 288 g/mol. The number of benzene rings is 1. The monoisotopic (exact) mass is 312 g/mol. The lowest BCUT2D eigenvalue weighted by Crippen LogP contribution is -2.31. The van der Waals surface area contributed by atoms with Crippen LogP contribution in [0, 0.1) is 6.92 Å². The van der Waals surface area contributed by atoms with Crippen LogP contribution in [0.1, 0.15) is 42.4 Å². The van der Waals surface area contributed by atoms with Crippen LogP contribution in [0.3, 0.4) is 0 Å². The first-order valence-corrected chi connectivity index (χ1v) is 8.32. The first-order chi connectivity index (χ1) is 11.2. The van der Waals surface area contributed by atoms with Gasteiger partial charge in [-0.2, -0.15) is 0 Å². The zero-order chi connectivity index (χ0) is 16.2. The van der Waals surface area contributed by atoms with Crippen LogP contribution >= 0.6 is 0 Å². The average Bonchev–Trinajstić information content (AvgIpc) is 2.55. The molecule has 1 N–H and O–H groups in total. The molecule has 0 amide bonds. The van der Waals surface area contributed by atoms with Gasteiger partial charge >= 0.3 is 0 Å². The lowest BCUT2D eigenvalue weighted by atomic mass is 9.91. The number of rotatable bonds is 5. The number of hydrogen-bond acceptors (Lipinski definition) is 4. The zero-order valence-corrected chi connectivity index (χ0v) is 14.1. The maximum absolute atomic E-state index is 5.79. The van der Waals surface area contributed by atoms with E-state index in [-0.39, 0.29) is 6.04 Å². The average molecular weight is 312 g/mol. The van der Waals surface area contributed by atoms with Gasteiger partial charge in [-0.25, -0.2) is 0 Å². The van der Waals surface area contributed by atoms with Gasteiger partial charge < -0.3 is 14.8 Å². The molecule has 2 aromatic rings. The van der Waals surface area contributed by atoms with Crippen LogP contribution in [-0.2, 0) is 6.42 Å². The van der Waals surface area contributed by atoms with Gasteiger partial charge in [0.15, 0.2) is 11.5 Å². The minimum Gasteiger partial charge on any atom is -0.490 e. The number of nitrogens with zero attached hydrogens (tertiary/aromatic N) is 1. The highest BCUT2D eigenvalue weighted by Crippen LogP contribution is 2.37. The summed E-state index contributed by atoms with van der Waals surface area (Å²) in [5.41, 5.74) is 4.63. The summed E-state index contributed by atoms with van der Waals surface area (Å²) >= 11 is 0. The second-order valence-electron chi connectivity index (χ2n) is 5.70. The molecule has 0 aliphatic carbocycles. The summed E-state index contributed by atoms with van der Waals surface area (Å²) in [4.78, 5) is 4.70. The highest BCUT2D eigenvalue weighted by atomic mass is 16.5. The predicted molar refractivity (Wildman–Crippen MR) is 91.3 cm³/mol. The van der Waals surface area contributed by atoms with Crippen LogP contribution < -0.4 is 14.8 Å². The number of hydrogen-bond donors (Lipinski definition) is 1. The zero-order valence-electron chi connectivity index (χ0n) is 14.1. The molecule has 0 bridgehead atoms. The third-order valence-electron chi connectivity index (χ3n) is 4.06. The summed E-state index contributed by atoms with van der Waals surface area (Å²) in [5.74, 6) is 1.65. The number of ether oxygens (including phenoxy) is 2. The molecule has 122 valence electrons. The first-order valence-electron chi connectivity index (χ1n) is 8.32. The molecular formula is C19H24N2O2. The molecule has 23 heavy (non-hydrogen) atoms. The van der Waals surface area contributed by atoms with Crippen molar-refractivity contribution in [3.05, 3.63) is 52.8 Å². The fraction of sp³-hybridized carbons (Fsp3) is 0.421. The summed E-state index contributed by atoms with van der Waals surface area (Å²) in [6, 6.07) is 10.5. The molecule has 0 spiro atoms. The van der Waals surface area contributed by atoms with Crippen molar-refractivity contribution >= 4 is 0 Å². The third kappa shape index (κ3) is 3.32. The smallest absolute Gasteiger partial charge is 0.161 e. The minimum atomic E-state index is 0.105. The molecule has 1 aromatic carbocycles. The van der Waals surface area contributed by atoms with E-state index in [0.29, 0.717) is 13.2 Å². The summed E-state index contributed by atoms with van der Waals surface area (Å²) in [6.45, 7) is 8.22. The second-order valence-corrected chi connectivity index (χ2v) is 5.70. The Morgan fingerprint density at radius 2 is 1.87 bits per heavy atom. The number of aryl methyl sites for hydroxylation is 1. The van der Waals surface area contributed by atoms with E-state index >= 15 is 0 Å². The van der Waals surface area contributed by atoms with Crippen molar-refractivity contribution in [1.82, 2.24) is 10.3 Å². The number of pyridine rings is 1. The van der Waals surface area contributed by atoms with Gasteiger partial charge in [-0.1, -0.05) is 6.07 Å². The Balaban J connectivity index is 2.05. The Morgan fingerprint density at radius 3 is 2.57 bits per heavy atom. The van der Waals surface area contributed by atoms with Gasteiger partial charge in [0.05, 0.1) is 24.9 Å². The van der Waals surface area contributed by atoms with Crippen molar-refractivity contribution in [1.29, 1.82) is 0 Å². The Bertz CT molecular complexity index is 685. The molecule has 2 heterocycles. The summed E-state index contributed by atoms with van der Waals surface area (Å²) in [5, 5.41) is 3.58. The maximum Gasteiger partial charge on any atom is 0.161 e. The summed E-state index contributed by atoms with van der Waals surface area (Å²) in [6.07, 6.45) is 0.990. The number of nitrogens with one attached hydrogen (secondary N) is 1. The van der Waals surface area contributed by atoms with Gasteiger partial charge in [0, 0.05) is 12.2 Å². The van der Waals surface area contributed by atoms with E-state index in [1.54, 1.807) is 0 Å². The second kappa shape index (κ2) is 7.01. The van der Waals surface area contributed by atoms with E-state index in [2.05, 4.69) is 29.6 Å². The predicted octanol–water partition coefficient (Wildman–Crippen LogP) is 3.42. The van der Waals surface area contributed by atoms with E-state index in [0.717, 1.165) is 35.9 Å². The van der Waals surface area contributed by atoms with E-state index in [1.165, 1.54) is 11.1 Å². The molecule has 1 atom stereocenters. The van der Waals surface area contributed by atoms with Crippen LogP contribution in [-0.4, -0.2) is 24.7 Å². The van der Waals surface area contributed by atoms with Crippen molar-refractivity contribution in [2.75, 3.05) is 19.8 Å². The van der Waals surface area contributed by atoms with Gasteiger partial charge in [-0.15, -0.1) is 0 Å². The molecule has 4 nitrogen and oxygen atoms in total. The number of fused-ring (bicyclic) bond motifs is 1. The van der Waals surface area contributed by atoms with Crippen LogP contribution in [0.15, 0.2) is 30.3 Å². The highest BCUT2D eigenvalue weighted by Gasteiger charge is 2.25. The van der Waals surface area contributed by atoms with Crippen molar-refractivity contribution in [2.24, 2.45) is 0 Å². The minimum absolute atomic E-state index is 0.105. The Labute approximate surface area is 137 Å². The number of aromatic nitrogens is 1. The highest BCUT2D eigenvalue weighted by molar-refractivity contribution is 5.51. The van der Waals surface area contributed by atoms with Crippen molar-refractivity contribution in [2.45, 2.75) is 33.2 Å². The van der Waals surface area contributed by atoms with Gasteiger partial charge in [0.25, 0.3) is 0 Å². The first kappa shape index (κ1) is 15.8. The molecule has 0 fully saturated rings. The van der Waals surface area contributed by atoms with Gasteiger partial charge in [-0.3, -0.25) is 4.98 Å². The lowest BCUT2D eigenvalue weighted by Gasteiger charge is -2.28. The van der Waals surface area contributed by atoms with Gasteiger partial charge in [0.2, 0.25) is 0 Å². The quantitative estimate of drug-likeness (QED) is 0.918. The van der Waals surface area contributed by atoms with E-state index in [4.69, 9.17) is 14.5 Å². The molecule has 3 rings (SSSR count). The third-order valence-corrected chi connectivity index (χ3v) is 4.06. The van der Waals surface area contributed by atoms with Crippen LogP contribution in [0.2, 0.25) is 0 Å². The van der Waals surface area contributed by atoms with Crippen LogP contribution in [0.5, 0.6) is 11.5 Å². The largest absolute Gasteiger partial charge is 0.490 e. The van der Waals surface area contributed by atoms with Crippen LogP contribution in [0.25, 0.3) is 0 Å². The molecule has 1 aromatic heterocycles. The molecule has 0 saturated heterocycles. The summed E-state index contributed by atoms with van der Waals surface area (Å²) in [7, 11) is 0. The Hall–Kier alpha value is -2.07. The van der Waals surface area contributed by atoms with Crippen molar-refractivity contribution < 1.29 is 9.47 Å². The van der Waals surface area contributed by atoms with Crippen molar-refractivity contribution in [3.8, 4) is 11.5 Å². The standard InChI is InChI=1S/C19H24N2O2/c1-4-22-17-11-14-9-10-20-19(15(14)12-18(17)23-5-2)16-8-6-7-13(3)21-16/h6-8,11-12,19-20H,4-5,9-10H2,1-3H3/t19-/m0/s1. The molecule has 0 saturated carbocycles. The molecule has 0 unspecified atom stereocenters.